The average Bonchev–Trinajstić information content (AvgIpc) is 2.33. The molecule has 0 N–H and O–H groups in total. The highest BCUT2D eigenvalue weighted by Crippen LogP contribution is 2.36. The van der Waals surface area contributed by atoms with Gasteiger partial charge in [-0.3, -0.25) is 0 Å². The Labute approximate surface area is 127 Å². The molecule has 0 saturated heterocycles. The van der Waals surface area contributed by atoms with Crippen LogP contribution in [0.25, 0.3) is 0 Å². The molecular formula is C18H33NSi. The summed E-state index contributed by atoms with van der Waals surface area (Å²) in [5.41, 5.74) is 4.84. The predicted octanol–water partition coefficient (Wildman–Crippen LogP) is 6.40. The monoisotopic (exact) mass is 291 g/mol. The number of nitriles is 1. The summed E-state index contributed by atoms with van der Waals surface area (Å²) < 4.78 is 0. The molecule has 20 heavy (non-hydrogen) atoms. The number of rotatable bonds is 7. The molecule has 114 valence electrons. The Morgan fingerprint density at radius 3 is 2.05 bits per heavy atom. The second kappa shape index (κ2) is 8.47. The highest BCUT2D eigenvalue weighted by atomic mass is 28.3. The molecule has 0 amide bonds. The van der Waals surface area contributed by atoms with Gasteiger partial charge in [0.2, 0.25) is 0 Å². The molecule has 0 rings (SSSR count). The van der Waals surface area contributed by atoms with Crippen LogP contribution in [0.5, 0.6) is 0 Å². The fraction of sp³-hybridized carbons (Fsp3) is 0.722. The molecule has 0 heterocycles. The van der Waals surface area contributed by atoms with E-state index in [2.05, 4.69) is 65.6 Å². The zero-order valence-electron chi connectivity index (χ0n) is 14.6. The number of hydrogen-bond donors (Lipinski definition) is 0. The molecule has 0 radical (unpaired) electrons. The Morgan fingerprint density at radius 1 is 1.10 bits per heavy atom. The van der Waals surface area contributed by atoms with E-state index in [1.807, 2.05) is 0 Å². The highest BCUT2D eigenvalue weighted by Gasteiger charge is 2.32. The summed E-state index contributed by atoms with van der Waals surface area (Å²) in [7, 11) is -1.34. The first kappa shape index (κ1) is 19.2. The molecule has 0 unspecified atom stereocenters. The molecule has 0 spiro atoms. The summed E-state index contributed by atoms with van der Waals surface area (Å²) in [6.45, 7) is 16.2. The van der Waals surface area contributed by atoms with Crippen LogP contribution in [0.2, 0.25) is 18.1 Å². The van der Waals surface area contributed by atoms with E-state index >= 15 is 0 Å². The summed E-state index contributed by atoms with van der Waals surface area (Å²) in [5.74, 6) is 0. The normalized spacial score (nSPS) is 14.3. The quantitative estimate of drug-likeness (QED) is 0.393. The maximum absolute atomic E-state index is 9.32. The molecule has 0 aromatic heterocycles. The van der Waals surface area contributed by atoms with Gasteiger partial charge in [0.15, 0.2) is 0 Å². The number of hydrogen-bond acceptors (Lipinski definition) is 1. The van der Waals surface area contributed by atoms with Crippen LogP contribution in [-0.4, -0.2) is 8.07 Å². The fourth-order valence-corrected chi connectivity index (χ4v) is 3.19. The van der Waals surface area contributed by atoms with Crippen molar-refractivity contribution in [3.8, 4) is 6.07 Å². The molecule has 0 atom stereocenters. The van der Waals surface area contributed by atoms with E-state index in [1.165, 1.54) is 5.57 Å². The molecule has 0 fully saturated rings. The fourth-order valence-electron chi connectivity index (χ4n) is 1.99. The van der Waals surface area contributed by atoms with E-state index < -0.39 is 8.07 Å². The largest absolute Gasteiger partial charge is 0.193 e. The highest BCUT2D eigenvalue weighted by molar-refractivity contribution is 6.84. The second-order valence-electron chi connectivity index (χ2n) is 7.27. The maximum atomic E-state index is 9.32. The van der Waals surface area contributed by atoms with Gasteiger partial charge in [-0.05, 0) is 24.3 Å². The molecule has 0 saturated carbocycles. The molecule has 0 aliphatic rings. The average molecular weight is 292 g/mol. The third kappa shape index (κ3) is 6.09. The van der Waals surface area contributed by atoms with Gasteiger partial charge in [0, 0.05) is 5.57 Å². The summed E-state index contributed by atoms with van der Waals surface area (Å²) >= 11 is 0. The van der Waals surface area contributed by atoms with Crippen LogP contribution >= 0.6 is 0 Å². The SMILES string of the molecule is CCC/C(C#N)=C(/C/C=C/[Si](C)(C)C(C)(C)C)CCC. The Bertz CT molecular complexity index is 389. The molecule has 0 aliphatic carbocycles. The minimum atomic E-state index is -1.34. The first-order valence-corrected chi connectivity index (χ1v) is 11.1. The summed E-state index contributed by atoms with van der Waals surface area (Å²) in [6.07, 6.45) is 7.46. The van der Waals surface area contributed by atoms with Crippen LogP contribution in [0.1, 0.15) is 66.7 Å². The van der Waals surface area contributed by atoms with Gasteiger partial charge in [0.1, 0.15) is 0 Å². The zero-order chi connectivity index (χ0) is 15.8. The minimum absolute atomic E-state index is 0.389. The molecular weight excluding hydrogens is 258 g/mol. The van der Waals surface area contributed by atoms with Crippen molar-refractivity contribution in [1.29, 1.82) is 5.26 Å². The van der Waals surface area contributed by atoms with Crippen molar-refractivity contribution in [2.24, 2.45) is 0 Å². The van der Waals surface area contributed by atoms with E-state index in [0.29, 0.717) is 5.04 Å². The Hall–Kier alpha value is -0.813. The lowest BCUT2D eigenvalue weighted by Gasteiger charge is -2.34. The third-order valence-corrected chi connectivity index (χ3v) is 9.38. The molecule has 0 aromatic rings. The molecule has 1 nitrogen and oxygen atoms in total. The molecule has 0 aliphatic heterocycles. The Kier molecular flexibility index (Phi) is 8.12. The van der Waals surface area contributed by atoms with E-state index in [9.17, 15) is 5.26 Å². The Morgan fingerprint density at radius 2 is 1.65 bits per heavy atom. The van der Waals surface area contributed by atoms with Crippen LogP contribution in [0, 0.1) is 11.3 Å². The van der Waals surface area contributed by atoms with E-state index in [0.717, 1.165) is 37.7 Å². The van der Waals surface area contributed by atoms with Crippen LogP contribution in [-0.2, 0) is 0 Å². The van der Waals surface area contributed by atoms with Gasteiger partial charge < -0.3 is 0 Å². The summed E-state index contributed by atoms with van der Waals surface area (Å²) in [6, 6.07) is 2.42. The van der Waals surface area contributed by atoms with Gasteiger partial charge in [-0.25, -0.2) is 0 Å². The van der Waals surface area contributed by atoms with E-state index in [4.69, 9.17) is 0 Å². The van der Waals surface area contributed by atoms with Gasteiger partial charge in [0.05, 0.1) is 14.1 Å². The molecule has 0 aromatic carbocycles. The lowest BCUT2D eigenvalue weighted by Crippen LogP contribution is -2.34. The van der Waals surface area contributed by atoms with Crippen LogP contribution in [0.3, 0.4) is 0 Å². The topological polar surface area (TPSA) is 23.8 Å². The standard InChI is InChI=1S/C18H33NSi/c1-8-11-16(17(15-19)12-9-2)13-10-14-20(6,7)18(3,4)5/h10,14H,8-9,11-13H2,1-7H3/b14-10+,17-16-. The van der Waals surface area contributed by atoms with Crippen LogP contribution < -0.4 is 0 Å². The van der Waals surface area contributed by atoms with Crippen molar-refractivity contribution in [3.05, 3.63) is 22.9 Å². The predicted molar refractivity (Wildman–Crippen MR) is 93.4 cm³/mol. The summed E-state index contributed by atoms with van der Waals surface area (Å²) in [4.78, 5) is 0. The molecule has 0 bridgehead atoms. The van der Waals surface area contributed by atoms with Gasteiger partial charge in [-0.2, -0.15) is 5.26 Å². The first-order chi connectivity index (χ1) is 9.19. The third-order valence-electron chi connectivity index (χ3n) is 4.45. The minimum Gasteiger partial charge on any atom is -0.193 e. The van der Waals surface area contributed by atoms with Crippen molar-refractivity contribution < 1.29 is 0 Å². The van der Waals surface area contributed by atoms with Gasteiger partial charge in [-0.15, -0.1) is 0 Å². The number of nitrogens with zero attached hydrogens (tertiary/aromatic N) is 1. The lowest BCUT2D eigenvalue weighted by molar-refractivity contribution is 0.728. The van der Waals surface area contributed by atoms with Crippen LogP contribution in [0.4, 0.5) is 0 Å². The van der Waals surface area contributed by atoms with Crippen LogP contribution in [0.15, 0.2) is 22.9 Å². The van der Waals surface area contributed by atoms with Crippen molar-refractivity contribution in [3.63, 3.8) is 0 Å². The zero-order valence-corrected chi connectivity index (χ0v) is 15.6. The maximum Gasteiger partial charge on any atom is 0.0946 e. The smallest absolute Gasteiger partial charge is 0.0946 e. The number of allylic oxidation sites excluding steroid dienone is 3. The lowest BCUT2D eigenvalue weighted by atomic mass is 9.98. The van der Waals surface area contributed by atoms with Gasteiger partial charge in [0.25, 0.3) is 0 Å². The first-order valence-electron chi connectivity index (χ1n) is 7.98. The van der Waals surface area contributed by atoms with Gasteiger partial charge in [-0.1, -0.05) is 77.9 Å². The van der Waals surface area contributed by atoms with Crippen molar-refractivity contribution in [2.45, 2.75) is 84.9 Å². The van der Waals surface area contributed by atoms with Crippen molar-refractivity contribution >= 4 is 8.07 Å². The Balaban J connectivity index is 5.02. The second-order valence-corrected chi connectivity index (χ2v) is 12.5. The van der Waals surface area contributed by atoms with E-state index in [1.54, 1.807) is 0 Å². The summed E-state index contributed by atoms with van der Waals surface area (Å²) in [5, 5.41) is 9.71. The molecule has 2 heteroatoms. The van der Waals surface area contributed by atoms with E-state index in [-0.39, 0.29) is 0 Å². The van der Waals surface area contributed by atoms with Crippen molar-refractivity contribution in [2.75, 3.05) is 0 Å². The van der Waals surface area contributed by atoms with Gasteiger partial charge >= 0.3 is 0 Å². The van der Waals surface area contributed by atoms with Crippen molar-refractivity contribution in [1.82, 2.24) is 0 Å².